The quantitative estimate of drug-likeness (QED) is 0.361. The maximum atomic E-state index is 12.6. The Labute approximate surface area is 168 Å². The van der Waals surface area contributed by atoms with Crippen molar-refractivity contribution in [3.05, 3.63) is 74.9 Å². The fourth-order valence-electron chi connectivity index (χ4n) is 2.70. The van der Waals surface area contributed by atoms with Crippen LogP contribution in [0.4, 0.5) is 10.7 Å². The van der Waals surface area contributed by atoms with Crippen LogP contribution in [0.15, 0.2) is 60.2 Å². The Balaban J connectivity index is 1.51. The molecule has 1 amide bonds. The summed E-state index contributed by atoms with van der Waals surface area (Å²) in [6.45, 7) is 0.502. The van der Waals surface area contributed by atoms with E-state index in [0.29, 0.717) is 12.1 Å². The molecular formula is C19H15IN4OS. The van der Waals surface area contributed by atoms with Gasteiger partial charge in [-0.05, 0) is 63.9 Å². The molecule has 0 bridgehead atoms. The summed E-state index contributed by atoms with van der Waals surface area (Å²) in [6.07, 6.45) is 3.59. The van der Waals surface area contributed by atoms with E-state index in [2.05, 4.69) is 49.3 Å². The number of aromatic nitrogens is 2. The van der Waals surface area contributed by atoms with Gasteiger partial charge in [0.1, 0.15) is 10.6 Å². The zero-order valence-corrected chi connectivity index (χ0v) is 16.6. The minimum atomic E-state index is -0.0908. The summed E-state index contributed by atoms with van der Waals surface area (Å²) >= 11 is 3.77. The number of carbonyl (C=O) groups excluding carboxylic acids is 1. The molecule has 0 aliphatic heterocycles. The standard InChI is InChI=1S/C19H15IN4OS/c20-13-3-1-2-12(10-13)11-23-18(25)15-6-9-26-19(15)24-16-5-8-22-17-14(16)4-7-21-17/h1-10H,11H2,(H,23,25)(H2,21,22,24). The molecule has 3 N–H and O–H groups in total. The summed E-state index contributed by atoms with van der Waals surface area (Å²) in [5.41, 5.74) is 3.46. The van der Waals surface area contributed by atoms with E-state index in [-0.39, 0.29) is 5.91 Å². The smallest absolute Gasteiger partial charge is 0.254 e. The second-order valence-electron chi connectivity index (χ2n) is 5.70. The van der Waals surface area contributed by atoms with E-state index in [1.54, 1.807) is 6.20 Å². The Morgan fingerprint density at radius 3 is 3.04 bits per heavy atom. The summed E-state index contributed by atoms with van der Waals surface area (Å²) in [7, 11) is 0. The fourth-order valence-corrected chi connectivity index (χ4v) is 4.11. The van der Waals surface area contributed by atoms with Gasteiger partial charge in [0.05, 0.1) is 11.3 Å². The molecule has 4 rings (SSSR count). The number of amides is 1. The first-order chi connectivity index (χ1) is 12.7. The molecule has 0 atom stereocenters. The van der Waals surface area contributed by atoms with E-state index >= 15 is 0 Å². The summed E-state index contributed by atoms with van der Waals surface area (Å²) < 4.78 is 1.15. The minimum absolute atomic E-state index is 0.0908. The molecule has 26 heavy (non-hydrogen) atoms. The van der Waals surface area contributed by atoms with Crippen molar-refractivity contribution in [3.8, 4) is 0 Å². The Kier molecular flexibility index (Phi) is 4.89. The van der Waals surface area contributed by atoms with Crippen LogP contribution in [0.5, 0.6) is 0 Å². The van der Waals surface area contributed by atoms with Gasteiger partial charge in [-0.1, -0.05) is 12.1 Å². The van der Waals surface area contributed by atoms with Gasteiger partial charge in [-0.25, -0.2) is 4.98 Å². The van der Waals surface area contributed by atoms with Gasteiger partial charge in [-0.3, -0.25) is 4.79 Å². The molecule has 0 fully saturated rings. The Morgan fingerprint density at radius 1 is 1.23 bits per heavy atom. The maximum Gasteiger partial charge on any atom is 0.254 e. The largest absolute Gasteiger partial charge is 0.348 e. The van der Waals surface area contributed by atoms with Gasteiger partial charge in [-0.2, -0.15) is 0 Å². The van der Waals surface area contributed by atoms with Crippen molar-refractivity contribution in [2.45, 2.75) is 6.54 Å². The van der Waals surface area contributed by atoms with Crippen LogP contribution in [-0.2, 0) is 6.54 Å². The second-order valence-corrected chi connectivity index (χ2v) is 7.86. The van der Waals surface area contributed by atoms with Gasteiger partial charge in [0, 0.05) is 27.9 Å². The fraction of sp³-hybridized carbons (Fsp3) is 0.0526. The van der Waals surface area contributed by atoms with Gasteiger partial charge < -0.3 is 15.6 Å². The summed E-state index contributed by atoms with van der Waals surface area (Å²) in [4.78, 5) is 20.0. The van der Waals surface area contributed by atoms with Gasteiger partial charge in [0.25, 0.3) is 5.91 Å². The van der Waals surface area contributed by atoms with Crippen LogP contribution in [0.1, 0.15) is 15.9 Å². The molecule has 0 saturated carbocycles. The van der Waals surface area contributed by atoms with E-state index in [1.165, 1.54) is 11.3 Å². The van der Waals surface area contributed by atoms with E-state index in [4.69, 9.17) is 0 Å². The molecule has 7 heteroatoms. The van der Waals surface area contributed by atoms with Crippen LogP contribution in [0.3, 0.4) is 0 Å². The van der Waals surface area contributed by atoms with E-state index in [9.17, 15) is 4.79 Å². The molecule has 0 aliphatic carbocycles. The molecule has 0 saturated heterocycles. The minimum Gasteiger partial charge on any atom is -0.348 e. The number of hydrogen-bond donors (Lipinski definition) is 3. The van der Waals surface area contributed by atoms with Crippen LogP contribution < -0.4 is 10.6 Å². The number of thiophene rings is 1. The van der Waals surface area contributed by atoms with E-state index in [0.717, 1.165) is 30.9 Å². The van der Waals surface area contributed by atoms with Crippen LogP contribution in [0.25, 0.3) is 11.0 Å². The first-order valence-corrected chi connectivity index (χ1v) is 9.96. The van der Waals surface area contributed by atoms with Crippen molar-refractivity contribution in [2.24, 2.45) is 0 Å². The normalized spacial score (nSPS) is 10.8. The molecule has 0 radical (unpaired) electrons. The highest BCUT2D eigenvalue weighted by Crippen LogP contribution is 2.30. The molecule has 0 unspecified atom stereocenters. The van der Waals surface area contributed by atoms with Gasteiger partial charge in [-0.15, -0.1) is 11.3 Å². The Morgan fingerprint density at radius 2 is 2.15 bits per heavy atom. The molecule has 3 aromatic heterocycles. The van der Waals surface area contributed by atoms with Crippen molar-refractivity contribution >= 4 is 61.6 Å². The van der Waals surface area contributed by atoms with Crippen molar-refractivity contribution in [1.29, 1.82) is 0 Å². The van der Waals surface area contributed by atoms with Gasteiger partial charge in [0.15, 0.2) is 0 Å². The number of pyridine rings is 1. The zero-order chi connectivity index (χ0) is 17.9. The molecular weight excluding hydrogens is 459 g/mol. The van der Waals surface area contributed by atoms with Crippen LogP contribution in [0.2, 0.25) is 0 Å². The topological polar surface area (TPSA) is 69.8 Å². The molecule has 3 heterocycles. The third-order valence-electron chi connectivity index (χ3n) is 3.96. The Bertz CT molecular complexity index is 1070. The lowest BCUT2D eigenvalue weighted by Gasteiger charge is -2.09. The van der Waals surface area contributed by atoms with Crippen molar-refractivity contribution in [2.75, 3.05) is 5.32 Å². The SMILES string of the molecule is O=C(NCc1cccc(I)c1)c1ccsc1Nc1ccnc2[nH]ccc12. The summed E-state index contributed by atoms with van der Waals surface area (Å²) in [5.74, 6) is -0.0908. The van der Waals surface area contributed by atoms with E-state index in [1.807, 2.05) is 48.0 Å². The molecule has 0 spiro atoms. The maximum absolute atomic E-state index is 12.6. The molecule has 4 aromatic rings. The lowest BCUT2D eigenvalue weighted by atomic mass is 10.2. The average Bonchev–Trinajstić information content (AvgIpc) is 3.29. The molecule has 5 nitrogen and oxygen atoms in total. The number of nitrogens with zero attached hydrogens (tertiary/aromatic N) is 1. The first-order valence-electron chi connectivity index (χ1n) is 8.00. The van der Waals surface area contributed by atoms with Crippen molar-refractivity contribution in [3.63, 3.8) is 0 Å². The summed E-state index contributed by atoms with van der Waals surface area (Å²) in [6, 6.07) is 13.8. The third-order valence-corrected chi connectivity index (χ3v) is 5.46. The number of anilines is 2. The lowest BCUT2D eigenvalue weighted by molar-refractivity contribution is 0.0952. The number of nitrogens with one attached hydrogen (secondary N) is 3. The number of aromatic amines is 1. The predicted octanol–water partition coefficient (Wildman–Crippen LogP) is 4.90. The van der Waals surface area contributed by atoms with E-state index < -0.39 is 0 Å². The number of benzene rings is 1. The third kappa shape index (κ3) is 3.58. The molecule has 0 aliphatic rings. The lowest BCUT2D eigenvalue weighted by Crippen LogP contribution is -2.23. The van der Waals surface area contributed by atoms with Gasteiger partial charge >= 0.3 is 0 Å². The number of halogens is 1. The highest BCUT2D eigenvalue weighted by atomic mass is 127. The number of H-pyrrole nitrogens is 1. The Hall–Kier alpha value is -2.39. The highest BCUT2D eigenvalue weighted by Gasteiger charge is 2.14. The summed E-state index contributed by atoms with van der Waals surface area (Å²) in [5, 5.41) is 10.1. The number of hydrogen-bond acceptors (Lipinski definition) is 4. The number of fused-ring (bicyclic) bond motifs is 1. The molecule has 1 aromatic carbocycles. The van der Waals surface area contributed by atoms with Crippen molar-refractivity contribution < 1.29 is 4.79 Å². The van der Waals surface area contributed by atoms with Crippen LogP contribution in [-0.4, -0.2) is 15.9 Å². The second kappa shape index (κ2) is 7.46. The predicted molar refractivity (Wildman–Crippen MR) is 114 cm³/mol. The number of rotatable bonds is 5. The van der Waals surface area contributed by atoms with Crippen LogP contribution in [0, 0.1) is 3.57 Å². The zero-order valence-electron chi connectivity index (χ0n) is 13.6. The van der Waals surface area contributed by atoms with Gasteiger partial charge in [0.2, 0.25) is 0 Å². The van der Waals surface area contributed by atoms with Crippen molar-refractivity contribution in [1.82, 2.24) is 15.3 Å². The number of carbonyl (C=O) groups is 1. The average molecular weight is 474 g/mol. The molecule has 130 valence electrons. The monoisotopic (exact) mass is 474 g/mol. The first kappa shape index (κ1) is 17.0. The van der Waals surface area contributed by atoms with Crippen LogP contribution >= 0.6 is 33.9 Å². The highest BCUT2D eigenvalue weighted by molar-refractivity contribution is 14.1.